The molecule has 98 valence electrons. The Morgan fingerprint density at radius 1 is 0.750 bits per heavy atom. The van der Waals surface area contributed by atoms with Crippen molar-refractivity contribution >= 4 is 6.08 Å². The van der Waals surface area contributed by atoms with Crippen molar-refractivity contribution in [1.82, 2.24) is 5.32 Å². The molecule has 0 spiro atoms. The Balaban J connectivity index is 1.69. The van der Waals surface area contributed by atoms with Gasteiger partial charge in [0.05, 0.1) is 6.04 Å². The molecule has 1 N–H and O–H groups in total. The number of hydrogen-bond acceptors (Lipinski definition) is 1. The van der Waals surface area contributed by atoms with E-state index in [1.165, 1.54) is 16.7 Å². The van der Waals surface area contributed by atoms with Gasteiger partial charge in [-0.25, -0.2) is 0 Å². The molecule has 0 saturated carbocycles. The first-order chi connectivity index (χ1) is 9.92. The molecule has 1 heterocycles. The number of nitrogens with one attached hydrogen (secondary N) is 1. The van der Waals surface area contributed by atoms with Gasteiger partial charge in [-0.2, -0.15) is 0 Å². The van der Waals surface area contributed by atoms with Crippen LogP contribution in [0.25, 0.3) is 6.08 Å². The second-order valence-corrected chi connectivity index (χ2v) is 5.48. The lowest BCUT2D eigenvalue weighted by Gasteiger charge is -2.35. The van der Waals surface area contributed by atoms with Crippen LogP contribution in [0.2, 0.25) is 0 Å². The molecule has 1 nitrogen and oxygen atoms in total. The fourth-order valence-electron chi connectivity index (χ4n) is 3.23. The Bertz CT molecular complexity index is 669. The maximum absolute atomic E-state index is 3.74. The van der Waals surface area contributed by atoms with Crippen LogP contribution in [-0.4, -0.2) is 6.04 Å². The maximum Gasteiger partial charge on any atom is 0.0511 e. The van der Waals surface area contributed by atoms with E-state index in [2.05, 4.69) is 84.2 Å². The van der Waals surface area contributed by atoms with Crippen LogP contribution >= 0.6 is 0 Å². The Labute approximate surface area is 119 Å². The summed E-state index contributed by atoms with van der Waals surface area (Å²) >= 11 is 0. The molecule has 4 rings (SSSR count). The van der Waals surface area contributed by atoms with Crippen LogP contribution in [0.5, 0.6) is 0 Å². The Hall–Kier alpha value is -2.12. The van der Waals surface area contributed by atoms with Crippen molar-refractivity contribution in [1.29, 1.82) is 0 Å². The lowest BCUT2D eigenvalue weighted by atomic mass is 9.80. The van der Waals surface area contributed by atoms with Crippen molar-refractivity contribution in [3.05, 3.63) is 89.5 Å². The highest BCUT2D eigenvalue weighted by atomic mass is 15.0. The topological polar surface area (TPSA) is 12.0 Å². The minimum absolute atomic E-state index is 0.312. The monoisotopic (exact) mass is 259 g/mol. The lowest BCUT2D eigenvalue weighted by Crippen LogP contribution is -2.39. The van der Waals surface area contributed by atoms with Crippen LogP contribution in [0.4, 0.5) is 0 Å². The third kappa shape index (κ3) is 1.91. The van der Waals surface area contributed by atoms with Crippen molar-refractivity contribution in [2.75, 3.05) is 0 Å². The van der Waals surface area contributed by atoms with Crippen molar-refractivity contribution in [3.8, 4) is 0 Å². The predicted octanol–water partition coefficient (Wildman–Crippen LogP) is 4.07. The van der Waals surface area contributed by atoms with Gasteiger partial charge in [0.25, 0.3) is 0 Å². The van der Waals surface area contributed by atoms with Crippen molar-refractivity contribution in [2.24, 2.45) is 0 Å². The Morgan fingerprint density at radius 2 is 1.55 bits per heavy atom. The van der Waals surface area contributed by atoms with Crippen LogP contribution < -0.4 is 5.32 Å². The standard InChI is InChI=1S/C19H17N/c1-2-7-15(8-3-1)18-13-11-17-16-9-5-4-6-14(16)10-12-19(17)20-18/h1-13,17-20H/t17-,18?,19?/m1/s1. The van der Waals surface area contributed by atoms with Crippen LogP contribution in [-0.2, 0) is 0 Å². The Morgan fingerprint density at radius 3 is 2.45 bits per heavy atom. The zero-order valence-corrected chi connectivity index (χ0v) is 11.2. The molecule has 2 aliphatic rings. The summed E-state index contributed by atoms with van der Waals surface area (Å²) in [7, 11) is 0. The summed E-state index contributed by atoms with van der Waals surface area (Å²) in [5.74, 6) is 0.455. The average Bonchev–Trinajstić information content (AvgIpc) is 2.55. The summed E-state index contributed by atoms with van der Waals surface area (Å²) in [6, 6.07) is 20.0. The average molecular weight is 259 g/mol. The van der Waals surface area contributed by atoms with Crippen LogP contribution in [0.1, 0.15) is 28.7 Å². The highest BCUT2D eigenvalue weighted by Crippen LogP contribution is 2.35. The number of benzene rings is 2. The van der Waals surface area contributed by atoms with Gasteiger partial charge in [0.2, 0.25) is 0 Å². The van der Waals surface area contributed by atoms with Gasteiger partial charge >= 0.3 is 0 Å². The number of rotatable bonds is 1. The molecular formula is C19H17N. The van der Waals surface area contributed by atoms with Crippen LogP contribution in [0.3, 0.4) is 0 Å². The minimum Gasteiger partial charge on any atom is -0.299 e. The molecule has 0 saturated heterocycles. The van der Waals surface area contributed by atoms with E-state index >= 15 is 0 Å². The summed E-state index contributed by atoms with van der Waals surface area (Å²) in [5.41, 5.74) is 4.10. The van der Waals surface area contributed by atoms with Crippen molar-refractivity contribution in [2.45, 2.75) is 18.0 Å². The van der Waals surface area contributed by atoms with Crippen molar-refractivity contribution in [3.63, 3.8) is 0 Å². The van der Waals surface area contributed by atoms with Gasteiger partial charge in [-0.1, -0.05) is 78.9 Å². The summed E-state index contributed by atoms with van der Waals surface area (Å²) in [6.07, 6.45) is 9.20. The van der Waals surface area contributed by atoms with Crippen LogP contribution in [0.15, 0.2) is 72.8 Å². The zero-order chi connectivity index (χ0) is 13.4. The van der Waals surface area contributed by atoms with E-state index in [0.717, 1.165) is 0 Å². The fourth-order valence-corrected chi connectivity index (χ4v) is 3.23. The summed E-state index contributed by atoms with van der Waals surface area (Å²) < 4.78 is 0. The molecule has 1 aliphatic heterocycles. The molecule has 3 atom stereocenters. The van der Waals surface area contributed by atoms with E-state index in [1.54, 1.807) is 0 Å². The van der Waals surface area contributed by atoms with E-state index in [0.29, 0.717) is 18.0 Å². The van der Waals surface area contributed by atoms with E-state index in [4.69, 9.17) is 0 Å². The second-order valence-electron chi connectivity index (χ2n) is 5.48. The SMILES string of the molecule is C1=CC2NC(c3ccccc3)C=C[C@@H]2c2ccccc21. The molecule has 0 amide bonds. The summed E-state index contributed by atoms with van der Waals surface area (Å²) in [4.78, 5) is 0. The number of hydrogen-bond donors (Lipinski definition) is 1. The Kier molecular flexibility index (Phi) is 2.79. The fraction of sp³-hybridized carbons (Fsp3) is 0.158. The highest BCUT2D eigenvalue weighted by Gasteiger charge is 2.28. The first-order valence-electron chi connectivity index (χ1n) is 7.18. The quantitative estimate of drug-likeness (QED) is 0.761. The third-order valence-corrected chi connectivity index (χ3v) is 4.27. The maximum atomic E-state index is 3.74. The zero-order valence-electron chi connectivity index (χ0n) is 11.2. The predicted molar refractivity (Wildman–Crippen MR) is 83.5 cm³/mol. The molecule has 1 heteroatoms. The van der Waals surface area contributed by atoms with Gasteiger partial charge in [-0.3, -0.25) is 5.32 Å². The molecule has 20 heavy (non-hydrogen) atoms. The molecule has 1 aliphatic carbocycles. The van der Waals surface area contributed by atoms with Gasteiger partial charge in [-0.15, -0.1) is 0 Å². The molecule has 0 aromatic heterocycles. The van der Waals surface area contributed by atoms with Crippen molar-refractivity contribution < 1.29 is 0 Å². The van der Waals surface area contributed by atoms with E-state index in [-0.39, 0.29) is 0 Å². The first kappa shape index (κ1) is 11.7. The smallest absolute Gasteiger partial charge is 0.0511 e. The van der Waals surface area contributed by atoms with Gasteiger partial charge in [0.15, 0.2) is 0 Å². The van der Waals surface area contributed by atoms with Gasteiger partial charge < -0.3 is 0 Å². The largest absolute Gasteiger partial charge is 0.299 e. The van der Waals surface area contributed by atoms with Gasteiger partial charge in [0, 0.05) is 12.0 Å². The minimum atomic E-state index is 0.312. The molecule has 2 unspecified atom stereocenters. The van der Waals surface area contributed by atoms with E-state index in [1.807, 2.05) is 0 Å². The highest BCUT2D eigenvalue weighted by molar-refractivity contribution is 5.61. The first-order valence-corrected chi connectivity index (χ1v) is 7.18. The lowest BCUT2D eigenvalue weighted by molar-refractivity contribution is 0.482. The van der Waals surface area contributed by atoms with E-state index < -0.39 is 0 Å². The second kappa shape index (κ2) is 4.77. The molecule has 2 aromatic carbocycles. The normalized spacial score (nSPS) is 26.9. The third-order valence-electron chi connectivity index (χ3n) is 4.27. The molecule has 0 fully saturated rings. The van der Waals surface area contributed by atoms with E-state index in [9.17, 15) is 0 Å². The van der Waals surface area contributed by atoms with Gasteiger partial charge in [-0.05, 0) is 16.7 Å². The molecule has 0 radical (unpaired) electrons. The molecule has 0 bridgehead atoms. The van der Waals surface area contributed by atoms with Gasteiger partial charge in [0.1, 0.15) is 0 Å². The van der Waals surface area contributed by atoms with Crippen LogP contribution in [0, 0.1) is 0 Å². The summed E-state index contributed by atoms with van der Waals surface area (Å²) in [5, 5.41) is 3.74. The summed E-state index contributed by atoms with van der Waals surface area (Å²) in [6.45, 7) is 0. The number of fused-ring (bicyclic) bond motifs is 3. The molecular weight excluding hydrogens is 242 g/mol. The molecule has 2 aromatic rings.